The van der Waals surface area contributed by atoms with Crippen molar-refractivity contribution in [2.24, 2.45) is 5.73 Å². The molecule has 0 radical (unpaired) electrons. The largest absolute Gasteiger partial charge is 0.324 e. The Balaban J connectivity index is 2.14. The minimum atomic E-state index is -0.424. The van der Waals surface area contributed by atoms with Gasteiger partial charge in [-0.25, -0.2) is 9.37 Å². The number of thiazole rings is 1. The lowest BCUT2D eigenvalue weighted by Gasteiger charge is -2.10. The van der Waals surface area contributed by atoms with Gasteiger partial charge in [-0.15, -0.1) is 11.3 Å². The number of rotatable bonds is 3. The van der Waals surface area contributed by atoms with Crippen molar-refractivity contribution < 1.29 is 4.39 Å². The van der Waals surface area contributed by atoms with Gasteiger partial charge in [0.2, 0.25) is 0 Å². The third kappa shape index (κ3) is 2.58. The summed E-state index contributed by atoms with van der Waals surface area (Å²) in [6, 6.07) is 4.35. The van der Waals surface area contributed by atoms with E-state index in [-0.39, 0.29) is 11.1 Å². The first-order valence-corrected chi connectivity index (χ1v) is 6.01. The van der Waals surface area contributed by atoms with Crippen LogP contribution in [0.5, 0.6) is 0 Å². The van der Waals surface area contributed by atoms with E-state index >= 15 is 0 Å². The maximum Gasteiger partial charge on any atom is 0.141 e. The van der Waals surface area contributed by atoms with Crippen LogP contribution in [-0.2, 0) is 6.42 Å². The Hall–Kier alpha value is -0.970. The average Bonchev–Trinajstić information content (AvgIpc) is 2.74. The normalized spacial score (nSPS) is 12.7. The zero-order chi connectivity index (χ0) is 11.5. The van der Waals surface area contributed by atoms with Crippen molar-refractivity contribution in [3.05, 3.63) is 51.2 Å². The Labute approximate surface area is 102 Å². The van der Waals surface area contributed by atoms with Gasteiger partial charge < -0.3 is 5.73 Å². The van der Waals surface area contributed by atoms with Crippen LogP contribution in [0.4, 0.5) is 4.39 Å². The third-order valence-electron chi connectivity index (χ3n) is 2.25. The van der Waals surface area contributed by atoms with Crippen molar-refractivity contribution in [2.75, 3.05) is 0 Å². The first kappa shape index (κ1) is 11.5. The van der Waals surface area contributed by atoms with E-state index in [1.54, 1.807) is 29.7 Å². The molecular formula is C11H10ClFN2S. The minimum absolute atomic E-state index is 0.104. The monoisotopic (exact) mass is 256 g/mol. The molecule has 2 rings (SSSR count). The lowest BCUT2D eigenvalue weighted by Crippen LogP contribution is -2.13. The van der Waals surface area contributed by atoms with Gasteiger partial charge in [0.15, 0.2) is 0 Å². The van der Waals surface area contributed by atoms with Crippen molar-refractivity contribution in [2.45, 2.75) is 12.5 Å². The summed E-state index contributed by atoms with van der Waals surface area (Å²) < 4.78 is 13.0. The summed E-state index contributed by atoms with van der Waals surface area (Å²) >= 11 is 7.25. The Morgan fingerprint density at radius 3 is 2.94 bits per heavy atom. The molecule has 1 aromatic carbocycles. The number of hydrogen-bond donors (Lipinski definition) is 1. The van der Waals surface area contributed by atoms with Crippen LogP contribution in [0.15, 0.2) is 29.8 Å². The van der Waals surface area contributed by atoms with Crippen LogP contribution in [0, 0.1) is 5.82 Å². The zero-order valence-corrected chi connectivity index (χ0v) is 9.93. The van der Waals surface area contributed by atoms with Crippen LogP contribution < -0.4 is 5.73 Å². The molecule has 0 saturated carbocycles. The van der Waals surface area contributed by atoms with E-state index in [1.165, 1.54) is 6.07 Å². The van der Waals surface area contributed by atoms with E-state index in [0.717, 1.165) is 10.6 Å². The molecule has 84 valence electrons. The molecular weight excluding hydrogens is 247 g/mol. The van der Waals surface area contributed by atoms with Gasteiger partial charge in [0.05, 0.1) is 10.0 Å². The maximum atomic E-state index is 13.0. The molecule has 1 unspecified atom stereocenters. The van der Waals surface area contributed by atoms with Gasteiger partial charge >= 0.3 is 0 Å². The first-order chi connectivity index (χ1) is 7.66. The minimum Gasteiger partial charge on any atom is -0.324 e. The molecule has 0 bridgehead atoms. The molecule has 1 aromatic heterocycles. The molecule has 0 fully saturated rings. The van der Waals surface area contributed by atoms with Crippen molar-refractivity contribution in [3.63, 3.8) is 0 Å². The SMILES string of the molecule is NC(Cc1nccs1)c1ccc(F)c(Cl)c1. The van der Waals surface area contributed by atoms with Crippen LogP contribution in [-0.4, -0.2) is 4.98 Å². The van der Waals surface area contributed by atoms with E-state index in [4.69, 9.17) is 17.3 Å². The second-order valence-corrected chi connectivity index (χ2v) is 4.80. The van der Waals surface area contributed by atoms with Crippen molar-refractivity contribution >= 4 is 22.9 Å². The number of halogens is 2. The summed E-state index contributed by atoms with van der Waals surface area (Å²) in [5.41, 5.74) is 6.81. The molecule has 0 aliphatic heterocycles. The van der Waals surface area contributed by atoms with Crippen LogP contribution >= 0.6 is 22.9 Å². The summed E-state index contributed by atoms with van der Waals surface area (Å²) in [5.74, 6) is -0.424. The highest BCUT2D eigenvalue weighted by Gasteiger charge is 2.10. The quantitative estimate of drug-likeness (QED) is 0.916. The number of nitrogens with zero attached hydrogens (tertiary/aromatic N) is 1. The van der Waals surface area contributed by atoms with Crippen molar-refractivity contribution in [1.29, 1.82) is 0 Å². The predicted molar refractivity (Wildman–Crippen MR) is 64.2 cm³/mol. The topological polar surface area (TPSA) is 38.9 Å². The molecule has 0 spiro atoms. The van der Waals surface area contributed by atoms with Crippen LogP contribution in [0.1, 0.15) is 16.6 Å². The summed E-state index contributed by atoms with van der Waals surface area (Å²) in [7, 11) is 0. The lowest BCUT2D eigenvalue weighted by molar-refractivity contribution is 0.625. The summed E-state index contributed by atoms with van der Waals surface area (Å²) in [5, 5.41) is 2.97. The van der Waals surface area contributed by atoms with Crippen LogP contribution in [0.2, 0.25) is 5.02 Å². The maximum absolute atomic E-state index is 13.0. The van der Waals surface area contributed by atoms with Crippen molar-refractivity contribution in [1.82, 2.24) is 4.98 Å². The molecule has 16 heavy (non-hydrogen) atoms. The number of aromatic nitrogens is 1. The Kier molecular flexibility index (Phi) is 3.53. The van der Waals surface area contributed by atoms with Gasteiger partial charge in [0.25, 0.3) is 0 Å². The van der Waals surface area contributed by atoms with E-state index in [2.05, 4.69) is 4.98 Å². The molecule has 0 aliphatic carbocycles. The Morgan fingerprint density at radius 2 is 2.31 bits per heavy atom. The van der Waals surface area contributed by atoms with E-state index in [9.17, 15) is 4.39 Å². The van der Waals surface area contributed by atoms with Gasteiger partial charge in [-0.1, -0.05) is 17.7 Å². The lowest BCUT2D eigenvalue weighted by atomic mass is 10.1. The number of benzene rings is 1. The van der Waals surface area contributed by atoms with Gasteiger partial charge in [-0.2, -0.15) is 0 Å². The van der Waals surface area contributed by atoms with Gasteiger partial charge in [-0.05, 0) is 17.7 Å². The Bertz CT molecular complexity index is 473. The van der Waals surface area contributed by atoms with Gasteiger partial charge in [-0.3, -0.25) is 0 Å². The smallest absolute Gasteiger partial charge is 0.141 e. The highest BCUT2D eigenvalue weighted by Crippen LogP contribution is 2.22. The number of nitrogens with two attached hydrogens (primary N) is 1. The van der Waals surface area contributed by atoms with E-state index in [0.29, 0.717) is 6.42 Å². The van der Waals surface area contributed by atoms with Crippen molar-refractivity contribution in [3.8, 4) is 0 Å². The summed E-state index contributed by atoms with van der Waals surface area (Å²) in [6.07, 6.45) is 2.38. The predicted octanol–water partition coefficient (Wildman–Crippen LogP) is 3.18. The summed E-state index contributed by atoms with van der Waals surface area (Å²) in [4.78, 5) is 4.15. The van der Waals surface area contributed by atoms with Crippen LogP contribution in [0.25, 0.3) is 0 Å². The zero-order valence-electron chi connectivity index (χ0n) is 8.36. The molecule has 0 amide bonds. The molecule has 1 atom stereocenters. The van der Waals surface area contributed by atoms with E-state index in [1.807, 2.05) is 5.38 Å². The fourth-order valence-electron chi connectivity index (χ4n) is 1.40. The molecule has 0 saturated heterocycles. The molecule has 1 heterocycles. The fraction of sp³-hybridized carbons (Fsp3) is 0.182. The highest BCUT2D eigenvalue weighted by atomic mass is 35.5. The van der Waals surface area contributed by atoms with E-state index < -0.39 is 5.82 Å². The average molecular weight is 257 g/mol. The fourth-order valence-corrected chi connectivity index (χ4v) is 2.27. The van der Waals surface area contributed by atoms with Crippen LogP contribution in [0.3, 0.4) is 0 Å². The van der Waals surface area contributed by atoms with Gasteiger partial charge in [0.1, 0.15) is 5.82 Å². The van der Waals surface area contributed by atoms with Gasteiger partial charge in [0, 0.05) is 24.0 Å². The molecule has 0 aliphatic rings. The first-order valence-electron chi connectivity index (χ1n) is 4.75. The second-order valence-electron chi connectivity index (χ2n) is 3.41. The standard InChI is InChI=1S/C11H10ClFN2S/c12-8-5-7(1-2-9(8)13)10(14)6-11-15-3-4-16-11/h1-5,10H,6,14H2. The molecule has 2 aromatic rings. The Morgan fingerprint density at radius 1 is 1.50 bits per heavy atom. The third-order valence-corrected chi connectivity index (χ3v) is 3.34. The molecule has 2 nitrogen and oxygen atoms in total. The highest BCUT2D eigenvalue weighted by molar-refractivity contribution is 7.09. The molecule has 5 heteroatoms. The molecule has 2 N–H and O–H groups in total. The second kappa shape index (κ2) is 4.91. The number of hydrogen-bond acceptors (Lipinski definition) is 3. The summed E-state index contributed by atoms with van der Waals surface area (Å²) in [6.45, 7) is 0.